The van der Waals surface area contributed by atoms with Crippen LogP contribution < -0.4 is 10.6 Å². The van der Waals surface area contributed by atoms with Gasteiger partial charge in [0.1, 0.15) is 0 Å². The first-order valence-electron chi connectivity index (χ1n) is 8.17. The minimum atomic E-state index is 0.140. The van der Waals surface area contributed by atoms with Crippen LogP contribution in [0.3, 0.4) is 0 Å². The van der Waals surface area contributed by atoms with Gasteiger partial charge in [-0.1, -0.05) is 39.0 Å². The lowest BCUT2D eigenvalue weighted by atomic mass is 9.85. The Morgan fingerprint density at radius 1 is 1.33 bits per heavy atom. The zero-order valence-electron chi connectivity index (χ0n) is 13.5. The van der Waals surface area contributed by atoms with Crippen LogP contribution in [0, 0.1) is 11.8 Å². The SMILES string of the molecule is CC(C)c1ccccc1NC(=O)CC(C)C1CCCNC1. The molecule has 2 atom stereocenters. The lowest BCUT2D eigenvalue weighted by Crippen LogP contribution is -2.34. The molecule has 1 fully saturated rings. The number of rotatable bonds is 5. The first-order chi connectivity index (χ1) is 10.1. The Bertz CT molecular complexity index is 464. The quantitative estimate of drug-likeness (QED) is 0.866. The number of carbonyl (C=O) groups excluding carboxylic acids is 1. The maximum Gasteiger partial charge on any atom is 0.224 e. The monoisotopic (exact) mass is 288 g/mol. The van der Waals surface area contributed by atoms with Crippen molar-refractivity contribution in [2.75, 3.05) is 18.4 Å². The molecule has 1 aliphatic rings. The van der Waals surface area contributed by atoms with Crippen molar-refractivity contribution in [3.8, 4) is 0 Å². The van der Waals surface area contributed by atoms with Gasteiger partial charge in [-0.25, -0.2) is 0 Å². The maximum atomic E-state index is 12.3. The van der Waals surface area contributed by atoms with Gasteiger partial charge < -0.3 is 10.6 Å². The molecule has 0 radical (unpaired) electrons. The van der Waals surface area contributed by atoms with Crippen LogP contribution in [0.2, 0.25) is 0 Å². The van der Waals surface area contributed by atoms with Crippen LogP contribution >= 0.6 is 0 Å². The minimum Gasteiger partial charge on any atom is -0.326 e. The molecule has 21 heavy (non-hydrogen) atoms. The Hall–Kier alpha value is -1.35. The number of carbonyl (C=O) groups is 1. The van der Waals surface area contributed by atoms with Crippen LogP contribution in [0.1, 0.15) is 51.5 Å². The van der Waals surface area contributed by atoms with Gasteiger partial charge in [-0.15, -0.1) is 0 Å². The van der Waals surface area contributed by atoms with E-state index in [2.05, 4.69) is 37.5 Å². The molecular formula is C18H28N2O. The molecule has 0 spiro atoms. The molecule has 1 aromatic rings. The van der Waals surface area contributed by atoms with Gasteiger partial charge in [-0.05, 0) is 55.3 Å². The van der Waals surface area contributed by atoms with Gasteiger partial charge in [0.05, 0.1) is 0 Å². The molecule has 1 saturated heterocycles. The van der Waals surface area contributed by atoms with E-state index < -0.39 is 0 Å². The molecule has 116 valence electrons. The van der Waals surface area contributed by atoms with E-state index in [1.54, 1.807) is 0 Å². The molecule has 0 aliphatic carbocycles. The van der Waals surface area contributed by atoms with Crippen LogP contribution in [0.4, 0.5) is 5.69 Å². The first kappa shape index (κ1) is 16.0. The van der Waals surface area contributed by atoms with Gasteiger partial charge in [0.15, 0.2) is 0 Å². The summed E-state index contributed by atoms with van der Waals surface area (Å²) in [6.07, 6.45) is 3.08. The molecule has 1 aliphatic heterocycles. The smallest absolute Gasteiger partial charge is 0.224 e. The van der Waals surface area contributed by atoms with Crippen molar-refractivity contribution in [1.82, 2.24) is 5.32 Å². The van der Waals surface area contributed by atoms with E-state index in [-0.39, 0.29) is 5.91 Å². The Kier molecular flexibility index (Phi) is 5.80. The Morgan fingerprint density at radius 2 is 2.10 bits per heavy atom. The summed E-state index contributed by atoms with van der Waals surface area (Å²) in [7, 11) is 0. The molecule has 1 heterocycles. The Morgan fingerprint density at radius 3 is 2.76 bits per heavy atom. The fraction of sp³-hybridized carbons (Fsp3) is 0.611. The zero-order chi connectivity index (χ0) is 15.2. The van der Waals surface area contributed by atoms with Crippen molar-refractivity contribution in [2.45, 2.75) is 46.0 Å². The minimum absolute atomic E-state index is 0.140. The molecule has 2 rings (SSSR count). The highest BCUT2D eigenvalue weighted by Gasteiger charge is 2.22. The highest BCUT2D eigenvalue weighted by molar-refractivity contribution is 5.91. The normalized spacial score (nSPS) is 20.3. The fourth-order valence-electron chi connectivity index (χ4n) is 3.14. The highest BCUT2D eigenvalue weighted by atomic mass is 16.1. The molecule has 2 N–H and O–H groups in total. The summed E-state index contributed by atoms with van der Waals surface area (Å²) in [6, 6.07) is 8.10. The van der Waals surface area contributed by atoms with Crippen molar-refractivity contribution in [2.24, 2.45) is 11.8 Å². The third-order valence-corrected chi connectivity index (χ3v) is 4.50. The second kappa shape index (κ2) is 7.60. The van der Waals surface area contributed by atoms with Gasteiger partial charge in [0.2, 0.25) is 5.91 Å². The molecule has 0 saturated carbocycles. The third kappa shape index (κ3) is 4.57. The van der Waals surface area contributed by atoms with Crippen molar-refractivity contribution < 1.29 is 4.79 Å². The van der Waals surface area contributed by atoms with Crippen LogP contribution in [-0.2, 0) is 4.79 Å². The average Bonchev–Trinajstić information content (AvgIpc) is 2.48. The highest BCUT2D eigenvalue weighted by Crippen LogP contribution is 2.26. The number of para-hydroxylation sites is 1. The van der Waals surface area contributed by atoms with Gasteiger partial charge in [0, 0.05) is 12.1 Å². The maximum absolute atomic E-state index is 12.3. The van der Waals surface area contributed by atoms with E-state index in [9.17, 15) is 4.79 Å². The summed E-state index contributed by atoms with van der Waals surface area (Å²) in [5.41, 5.74) is 2.17. The Balaban J connectivity index is 1.92. The average molecular weight is 288 g/mol. The predicted molar refractivity (Wildman–Crippen MR) is 88.5 cm³/mol. The lowest BCUT2D eigenvalue weighted by molar-refractivity contribution is -0.117. The topological polar surface area (TPSA) is 41.1 Å². The van der Waals surface area contributed by atoms with Crippen molar-refractivity contribution >= 4 is 11.6 Å². The van der Waals surface area contributed by atoms with Crippen LogP contribution in [-0.4, -0.2) is 19.0 Å². The van der Waals surface area contributed by atoms with Crippen LogP contribution in [0.5, 0.6) is 0 Å². The summed E-state index contributed by atoms with van der Waals surface area (Å²) in [4.78, 5) is 12.3. The fourth-order valence-corrected chi connectivity index (χ4v) is 3.14. The molecule has 0 bridgehead atoms. The Labute approximate surface area is 128 Å². The van der Waals surface area contributed by atoms with Crippen molar-refractivity contribution in [3.63, 3.8) is 0 Å². The molecule has 3 nitrogen and oxygen atoms in total. The van der Waals surface area contributed by atoms with E-state index in [0.717, 1.165) is 18.8 Å². The van der Waals surface area contributed by atoms with Crippen molar-refractivity contribution in [3.05, 3.63) is 29.8 Å². The van der Waals surface area contributed by atoms with Crippen LogP contribution in [0.15, 0.2) is 24.3 Å². The second-order valence-electron chi connectivity index (χ2n) is 6.58. The first-order valence-corrected chi connectivity index (χ1v) is 8.17. The van der Waals surface area contributed by atoms with Gasteiger partial charge in [-0.3, -0.25) is 4.79 Å². The number of hydrogen-bond acceptors (Lipinski definition) is 2. The van der Waals surface area contributed by atoms with E-state index in [0.29, 0.717) is 24.2 Å². The lowest BCUT2D eigenvalue weighted by Gasteiger charge is -2.28. The number of benzene rings is 1. The summed E-state index contributed by atoms with van der Waals surface area (Å²) < 4.78 is 0. The molecule has 0 aromatic heterocycles. The number of anilines is 1. The standard InChI is InChI=1S/C18H28N2O/c1-13(2)16-8-4-5-9-17(16)20-18(21)11-14(3)15-7-6-10-19-12-15/h4-5,8-9,13-15,19H,6-7,10-12H2,1-3H3,(H,20,21). The van der Waals surface area contributed by atoms with E-state index in [4.69, 9.17) is 0 Å². The summed E-state index contributed by atoms with van der Waals surface area (Å²) >= 11 is 0. The van der Waals surface area contributed by atoms with Gasteiger partial charge in [-0.2, -0.15) is 0 Å². The van der Waals surface area contributed by atoms with Crippen LogP contribution in [0.25, 0.3) is 0 Å². The number of hydrogen-bond donors (Lipinski definition) is 2. The third-order valence-electron chi connectivity index (χ3n) is 4.50. The number of amides is 1. The van der Waals surface area contributed by atoms with Gasteiger partial charge >= 0.3 is 0 Å². The summed E-state index contributed by atoms with van der Waals surface area (Å²) in [5.74, 6) is 1.62. The van der Waals surface area contributed by atoms with E-state index >= 15 is 0 Å². The molecular weight excluding hydrogens is 260 g/mol. The van der Waals surface area contributed by atoms with Crippen molar-refractivity contribution in [1.29, 1.82) is 0 Å². The number of nitrogens with one attached hydrogen (secondary N) is 2. The molecule has 2 unspecified atom stereocenters. The van der Waals surface area contributed by atoms with E-state index in [1.807, 2.05) is 18.2 Å². The predicted octanol–water partition coefficient (Wildman–Crippen LogP) is 3.77. The molecule has 3 heteroatoms. The van der Waals surface area contributed by atoms with E-state index in [1.165, 1.54) is 18.4 Å². The molecule has 1 aromatic carbocycles. The van der Waals surface area contributed by atoms with Gasteiger partial charge in [0.25, 0.3) is 0 Å². The molecule has 1 amide bonds. The summed E-state index contributed by atoms with van der Waals surface area (Å²) in [6.45, 7) is 8.68. The summed E-state index contributed by atoms with van der Waals surface area (Å²) in [5, 5.41) is 6.53. The largest absolute Gasteiger partial charge is 0.326 e. The second-order valence-corrected chi connectivity index (χ2v) is 6.58. The zero-order valence-corrected chi connectivity index (χ0v) is 13.5. The number of piperidine rings is 1.